The molecule has 0 fully saturated rings. The first-order valence-electron chi connectivity index (χ1n) is 10.5. The van der Waals surface area contributed by atoms with Gasteiger partial charge in [-0.1, -0.05) is 24.3 Å². The van der Waals surface area contributed by atoms with Crippen LogP contribution in [0.1, 0.15) is 45.5 Å². The van der Waals surface area contributed by atoms with Gasteiger partial charge >= 0.3 is 0 Å². The van der Waals surface area contributed by atoms with E-state index in [0.717, 1.165) is 21.5 Å². The Balaban J connectivity index is 1.57. The number of nitrogens with zero attached hydrogens (tertiary/aromatic N) is 4. The molecule has 0 radical (unpaired) electrons. The molecule has 33 heavy (non-hydrogen) atoms. The minimum absolute atomic E-state index is 0.0364. The Hall–Kier alpha value is -3.37. The minimum Gasteiger partial charge on any atom is -0.362 e. The summed E-state index contributed by atoms with van der Waals surface area (Å²) in [5, 5.41) is 13.7. The number of halogens is 4. The van der Waals surface area contributed by atoms with Gasteiger partial charge in [0.15, 0.2) is 5.69 Å². The summed E-state index contributed by atoms with van der Waals surface area (Å²) >= 11 is 0. The van der Waals surface area contributed by atoms with E-state index in [9.17, 15) is 22.4 Å². The quantitative estimate of drug-likeness (QED) is 0.525. The Morgan fingerprint density at radius 2 is 1.88 bits per heavy atom. The normalized spacial score (nSPS) is 17.8. The van der Waals surface area contributed by atoms with Gasteiger partial charge in [-0.05, 0) is 31.9 Å². The van der Waals surface area contributed by atoms with Crippen LogP contribution < -0.4 is 10.6 Å². The predicted molar refractivity (Wildman–Crippen MR) is 115 cm³/mol. The maximum Gasteiger partial charge on any atom is 0.276 e. The Morgan fingerprint density at radius 3 is 2.55 bits per heavy atom. The van der Waals surface area contributed by atoms with E-state index in [1.54, 1.807) is 11.6 Å². The molecule has 1 amide bonds. The Kier molecular flexibility index (Phi) is 6.13. The first kappa shape index (κ1) is 22.8. The number of rotatable bonds is 6. The molecule has 0 aliphatic carbocycles. The van der Waals surface area contributed by atoms with Crippen molar-refractivity contribution < 1.29 is 22.4 Å². The summed E-state index contributed by atoms with van der Waals surface area (Å²) in [6.07, 6.45) is -6.21. The number of hydrogen-bond donors (Lipinski definition) is 2. The van der Waals surface area contributed by atoms with E-state index in [-0.39, 0.29) is 11.5 Å². The number of carbonyl (C=O) groups excluding carboxylic acids is 1. The lowest BCUT2D eigenvalue weighted by atomic mass is 10.1. The van der Waals surface area contributed by atoms with Crippen molar-refractivity contribution >= 4 is 17.4 Å². The van der Waals surface area contributed by atoms with Crippen molar-refractivity contribution in [2.45, 2.75) is 58.7 Å². The second-order valence-electron chi connectivity index (χ2n) is 8.17. The number of alkyl halides is 4. The molecule has 1 aromatic carbocycles. The molecule has 0 saturated carbocycles. The number of hydrogen-bond acceptors (Lipinski definition) is 4. The highest BCUT2D eigenvalue weighted by molar-refractivity contribution is 6.04. The van der Waals surface area contributed by atoms with E-state index in [0.29, 0.717) is 17.9 Å². The third-order valence-electron chi connectivity index (χ3n) is 5.91. The number of anilines is 2. The number of benzene rings is 1. The van der Waals surface area contributed by atoms with Crippen LogP contribution in [-0.4, -0.2) is 44.4 Å². The fourth-order valence-corrected chi connectivity index (χ4v) is 4.01. The molecule has 1 aliphatic rings. The number of aryl methyl sites for hydroxylation is 2. The van der Waals surface area contributed by atoms with Crippen LogP contribution in [0.4, 0.5) is 29.1 Å². The van der Waals surface area contributed by atoms with Gasteiger partial charge in [-0.2, -0.15) is 10.2 Å². The van der Waals surface area contributed by atoms with Crippen molar-refractivity contribution in [2.24, 2.45) is 0 Å². The molecule has 0 saturated heterocycles. The third kappa shape index (κ3) is 4.44. The van der Waals surface area contributed by atoms with E-state index in [1.807, 2.05) is 38.1 Å². The second-order valence-corrected chi connectivity index (χ2v) is 8.17. The third-order valence-corrected chi connectivity index (χ3v) is 5.91. The zero-order valence-corrected chi connectivity index (χ0v) is 18.3. The van der Waals surface area contributed by atoms with E-state index in [1.165, 1.54) is 6.07 Å². The van der Waals surface area contributed by atoms with Crippen molar-refractivity contribution in [2.75, 3.05) is 10.6 Å². The highest BCUT2D eigenvalue weighted by Crippen LogP contribution is 2.34. The summed E-state index contributed by atoms with van der Waals surface area (Å²) in [6, 6.07) is 6.13. The average molecular weight is 464 g/mol. The van der Waals surface area contributed by atoms with Gasteiger partial charge < -0.3 is 10.6 Å². The van der Waals surface area contributed by atoms with E-state index in [4.69, 9.17) is 0 Å². The Labute approximate surface area is 187 Å². The van der Waals surface area contributed by atoms with Gasteiger partial charge in [0, 0.05) is 12.5 Å². The number of aromatic nitrogens is 4. The number of amides is 1. The van der Waals surface area contributed by atoms with Crippen LogP contribution in [-0.2, 0) is 6.54 Å². The Morgan fingerprint density at radius 1 is 1.15 bits per heavy atom. The number of carbonyl (C=O) groups is 1. The van der Waals surface area contributed by atoms with Gasteiger partial charge in [0.05, 0.1) is 29.7 Å². The molecule has 2 atom stereocenters. The fourth-order valence-electron chi connectivity index (χ4n) is 4.01. The number of nitrogens with one attached hydrogen (secondary N) is 2. The fraction of sp³-hybridized carbons (Fsp3) is 0.409. The van der Waals surface area contributed by atoms with Crippen molar-refractivity contribution in [3.63, 3.8) is 0 Å². The molecule has 176 valence electrons. The molecule has 2 N–H and O–H groups in total. The zero-order valence-electron chi connectivity index (χ0n) is 18.3. The van der Waals surface area contributed by atoms with Crippen molar-refractivity contribution in [1.29, 1.82) is 0 Å². The molecular formula is C22H24F4N6O. The lowest BCUT2D eigenvalue weighted by molar-refractivity contribution is 0.0419. The molecule has 7 nitrogen and oxygen atoms in total. The predicted octanol–water partition coefficient (Wildman–Crippen LogP) is 4.56. The maximum absolute atomic E-state index is 13.5. The number of fused-ring (bicyclic) bond motifs is 1. The van der Waals surface area contributed by atoms with E-state index in [2.05, 4.69) is 20.8 Å². The molecular weight excluding hydrogens is 440 g/mol. The van der Waals surface area contributed by atoms with Gasteiger partial charge in [-0.3, -0.25) is 9.48 Å². The second kappa shape index (κ2) is 8.87. The van der Waals surface area contributed by atoms with Gasteiger partial charge in [0.25, 0.3) is 18.8 Å². The molecule has 11 heteroatoms. The summed E-state index contributed by atoms with van der Waals surface area (Å²) in [5.41, 5.74) is 3.84. The van der Waals surface area contributed by atoms with Crippen LogP contribution >= 0.6 is 0 Å². The zero-order chi connectivity index (χ0) is 23.9. The molecule has 1 aliphatic heterocycles. The lowest BCUT2D eigenvalue weighted by Gasteiger charge is -2.31. The lowest BCUT2D eigenvalue weighted by Crippen LogP contribution is -2.39. The van der Waals surface area contributed by atoms with Crippen LogP contribution in [0.15, 0.2) is 30.3 Å². The van der Waals surface area contributed by atoms with Crippen LogP contribution in [0.3, 0.4) is 0 Å². The van der Waals surface area contributed by atoms with Crippen LogP contribution in [0, 0.1) is 20.8 Å². The first-order valence-corrected chi connectivity index (χ1v) is 10.5. The van der Waals surface area contributed by atoms with Gasteiger partial charge in [-0.25, -0.2) is 22.2 Å². The molecule has 0 spiro atoms. The van der Waals surface area contributed by atoms with E-state index < -0.39 is 37.3 Å². The summed E-state index contributed by atoms with van der Waals surface area (Å²) in [5.74, 6) is -0.673. The first-order chi connectivity index (χ1) is 15.7. The molecule has 2 aromatic heterocycles. The summed E-state index contributed by atoms with van der Waals surface area (Å²) in [7, 11) is 0. The van der Waals surface area contributed by atoms with Crippen LogP contribution in [0.2, 0.25) is 0 Å². The van der Waals surface area contributed by atoms with Crippen molar-refractivity contribution in [3.05, 3.63) is 58.5 Å². The Bertz CT molecular complexity index is 1170. The molecule has 3 heterocycles. The van der Waals surface area contributed by atoms with E-state index >= 15 is 0 Å². The van der Waals surface area contributed by atoms with Gasteiger partial charge in [0.1, 0.15) is 11.9 Å². The molecule has 0 bridgehead atoms. The van der Waals surface area contributed by atoms with Crippen LogP contribution in [0.5, 0.6) is 0 Å². The minimum atomic E-state index is -2.90. The average Bonchev–Trinajstić information content (AvgIpc) is 3.31. The largest absolute Gasteiger partial charge is 0.362 e. The van der Waals surface area contributed by atoms with Gasteiger partial charge in [-0.15, -0.1) is 0 Å². The van der Waals surface area contributed by atoms with Gasteiger partial charge in [0.2, 0.25) is 0 Å². The standard InChI is InChI=1S/C22H24F4N6O/c1-11-6-4-5-7-14(11)10-31-13(3)19(12(2)29-31)28-22(33)16-9-18-27-15(20(23)24)8-17(21(25)26)32(18)30-16/h4-7,9,15,17,20-21,27H,8,10H2,1-3H3,(H,28,33)/t15-,17-/m0/s1. The molecule has 0 unspecified atom stereocenters. The highest BCUT2D eigenvalue weighted by atomic mass is 19.3. The summed E-state index contributed by atoms with van der Waals surface area (Å²) in [6.45, 7) is 6.08. The van der Waals surface area contributed by atoms with Crippen LogP contribution in [0.25, 0.3) is 0 Å². The maximum atomic E-state index is 13.5. The summed E-state index contributed by atoms with van der Waals surface area (Å²) < 4.78 is 55.9. The molecule has 4 rings (SSSR count). The summed E-state index contributed by atoms with van der Waals surface area (Å²) in [4.78, 5) is 12.9. The van der Waals surface area contributed by atoms with Crippen molar-refractivity contribution in [1.82, 2.24) is 19.6 Å². The molecule has 3 aromatic rings. The van der Waals surface area contributed by atoms with Crippen molar-refractivity contribution in [3.8, 4) is 0 Å². The monoisotopic (exact) mass is 464 g/mol. The highest BCUT2D eigenvalue weighted by Gasteiger charge is 2.38. The smallest absolute Gasteiger partial charge is 0.276 e. The topological polar surface area (TPSA) is 76.8 Å². The SMILES string of the molecule is Cc1ccccc1Cn1nc(C)c(NC(=O)c2cc3n(n2)[C@H](C(F)F)C[C@@H](C(F)F)N3)c1C.